The molecule has 96 valence electrons. The lowest BCUT2D eigenvalue weighted by molar-refractivity contribution is 0.363. The molecule has 1 aromatic heterocycles. The summed E-state index contributed by atoms with van der Waals surface area (Å²) in [6.07, 6.45) is 0.714. The molecule has 2 aromatic rings. The minimum Gasteiger partial charge on any atom is -0.339 e. The Bertz CT molecular complexity index is 512. The first-order chi connectivity index (χ1) is 8.70. The summed E-state index contributed by atoms with van der Waals surface area (Å²) >= 11 is 6.09. The van der Waals surface area contributed by atoms with Crippen LogP contribution in [0.15, 0.2) is 28.8 Å². The van der Waals surface area contributed by atoms with Crippen LogP contribution < -0.4 is 5.32 Å². The fourth-order valence-electron chi connectivity index (χ4n) is 1.77. The van der Waals surface area contributed by atoms with Crippen molar-refractivity contribution in [3.8, 4) is 11.4 Å². The number of halogens is 1. The highest BCUT2D eigenvalue weighted by atomic mass is 35.5. The predicted octanol–water partition coefficient (Wildman–Crippen LogP) is 2.93. The Labute approximate surface area is 111 Å². The van der Waals surface area contributed by atoms with Crippen molar-refractivity contribution >= 4 is 11.6 Å². The number of likely N-dealkylation sites (N-methyl/N-ethyl adjacent to an activating group) is 1. The van der Waals surface area contributed by atoms with Crippen molar-refractivity contribution in [1.29, 1.82) is 0 Å². The van der Waals surface area contributed by atoms with Gasteiger partial charge in [0.25, 0.3) is 0 Å². The topological polar surface area (TPSA) is 51.0 Å². The van der Waals surface area contributed by atoms with Gasteiger partial charge in [0, 0.05) is 18.0 Å². The molecule has 5 heteroatoms. The summed E-state index contributed by atoms with van der Waals surface area (Å²) in [5, 5.41) is 7.89. The molecule has 0 fully saturated rings. The summed E-state index contributed by atoms with van der Waals surface area (Å²) in [5.41, 5.74) is 0.797. The minimum atomic E-state index is 0.314. The lowest BCUT2D eigenvalue weighted by atomic mass is 10.2. The molecule has 0 spiro atoms. The molecule has 1 N–H and O–H groups in total. The summed E-state index contributed by atoms with van der Waals surface area (Å²) < 4.78 is 5.23. The zero-order valence-electron chi connectivity index (χ0n) is 10.5. The van der Waals surface area contributed by atoms with Crippen molar-refractivity contribution in [2.24, 2.45) is 0 Å². The van der Waals surface area contributed by atoms with E-state index in [9.17, 15) is 0 Å². The lowest BCUT2D eigenvalue weighted by Gasteiger charge is -2.07. The van der Waals surface area contributed by atoms with E-state index in [2.05, 4.69) is 29.3 Å². The molecular formula is C13H16ClN3O. The van der Waals surface area contributed by atoms with Gasteiger partial charge >= 0.3 is 0 Å². The standard InChI is InChI=1S/C13H16ClN3O/c1-3-15-9(2)8-12-16-13(17-18-12)10-6-4-5-7-11(10)14/h4-7,9,15H,3,8H2,1-2H3. The number of benzene rings is 1. The number of hydrogen-bond donors (Lipinski definition) is 1. The number of hydrogen-bond acceptors (Lipinski definition) is 4. The maximum Gasteiger partial charge on any atom is 0.228 e. The average Bonchev–Trinajstić information content (AvgIpc) is 2.78. The number of rotatable bonds is 5. The van der Waals surface area contributed by atoms with Gasteiger partial charge in [-0.3, -0.25) is 0 Å². The Balaban J connectivity index is 2.13. The highest BCUT2D eigenvalue weighted by Gasteiger charge is 2.13. The van der Waals surface area contributed by atoms with E-state index in [0.29, 0.717) is 29.2 Å². The van der Waals surface area contributed by atoms with Gasteiger partial charge in [0.2, 0.25) is 11.7 Å². The van der Waals surface area contributed by atoms with Crippen LogP contribution in [-0.4, -0.2) is 22.7 Å². The summed E-state index contributed by atoms with van der Waals surface area (Å²) in [6, 6.07) is 7.78. The molecule has 0 radical (unpaired) electrons. The van der Waals surface area contributed by atoms with Crippen LogP contribution >= 0.6 is 11.6 Å². The van der Waals surface area contributed by atoms with Crippen LogP contribution in [0.2, 0.25) is 5.02 Å². The average molecular weight is 266 g/mol. The molecule has 1 atom stereocenters. The Kier molecular flexibility index (Phi) is 4.33. The number of nitrogens with one attached hydrogen (secondary N) is 1. The van der Waals surface area contributed by atoms with Crippen LogP contribution in [0.1, 0.15) is 19.7 Å². The second kappa shape index (κ2) is 5.98. The van der Waals surface area contributed by atoms with E-state index in [1.807, 2.05) is 24.3 Å². The molecule has 18 heavy (non-hydrogen) atoms. The molecular weight excluding hydrogens is 250 g/mol. The molecule has 1 unspecified atom stereocenters. The second-order valence-corrected chi connectivity index (χ2v) is 4.56. The molecule has 2 rings (SSSR count). The van der Waals surface area contributed by atoms with Gasteiger partial charge in [0.15, 0.2) is 0 Å². The SMILES string of the molecule is CCNC(C)Cc1nc(-c2ccccc2Cl)no1. The molecule has 0 amide bonds. The molecule has 0 saturated carbocycles. The molecule has 0 bridgehead atoms. The summed E-state index contributed by atoms with van der Waals surface area (Å²) in [4.78, 5) is 4.36. The Hall–Kier alpha value is -1.39. The van der Waals surface area contributed by atoms with Gasteiger partial charge in [-0.25, -0.2) is 0 Å². The van der Waals surface area contributed by atoms with Crippen molar-refractivity contribution in [3.63, 3.8) is 0 Å². The Morgan fingerprint density at radius 1 is 1.39 bits per heavy atom. The summed E-state index contributed by atoms with van der Waals surface area (Å²) in [7, 11) is 0. The monoisotopic (exact) mass is 265 g/mol. The normalized spacial score (nSPS) is 12.6. The van der Waals surface area contributed by atoms with Crippen LogP contribution in [0.4, 0.5) is 0 Å². The van der Waals surface area contributed by atoms with Crippen molar-refractivity contribution in [3.05, 3.63) is 35.2 Å². The Morgan fingerprint density at radius 3 is 2.89 bits per heavy atom. The Morgan fingerprint density at radius 2 is 2.17 bits per heavy atom. The third kappa shape index (κ3) is 3.09. The van der Waals surface area contributed by atoms with Gasteiger partial charge < -0.3 is 9.84 Å². The zero-order valence-corrected chi connectivity index (χ0v) is 11.2. The van der Waals surface area contributed by atoms with Crippen LogP contribution in [0, 0.1) is 0 Å². The third-order valence-corrected chi connectivity index (χ3v) is 2.95. The van der Waals surface area contributed by atoms with Crippen LogP contribution in [-0.2, 0) is 6.42 Å². The van der Waals surface area contributed by atoms with Crippen molar-refractivity contribution in [1.82, 2.24) is 15.5 Å². The van der Waals surface area contributed by atoms with Crippen LogP contribution in [0.25, 0.3) is 11.4 Å². The highest BCUT2D eigenvalue weighted by molar-refractivity contribution is 6.33. The fourth-order valence-corrected chi connectivity index (χ4v) is 1.99. The van der Waals surface area contributed by atoms with Gasteiger partial charge in [-0.15, -0.1) is 0 Å². The number of nitrogens with zero attached hydrogens (tertiary/aromatic N) is 2. The van der Waals surface area contributed by atoms with Gasteiger partial charge in [0.05, 0.1) is 5.02 Å². The van der Waals surface area contributed by atoms with E-state index in [4.69, 9.17) is 16.1 Å². The van der Waals surface area contributed by atoms with Crippen molar-refractivity contribution in [2.45, 2.75) is 26.3 Å². The highest BCUT2D eigenvalue weighted by Crippen LogP contribution is 2.24. The first-order valence-corrected chi connectivity index (χ1v) is 6.39. The van der Waals surface area contributed by atoms with Crippen molar-refractivity contribution < 1.29 is 4.52 Å². The quantitative estimate of drug-likeness (QED) is 0.903. The third-order valence-electron chi connectivity index (χ3n) is 2.62. The second-order valence-electron chi connectivity index (χ2n) is 4.15. The summed E-state index contributed by atoms with van der Waals surface area (Å²) in [6.45, 7) is 5.08. The summed E-state index contributed by atoms with van der Waals surface area (Å²) in [5.74, 6) is 1.16. The first-order valence-electron chi connectivity index (χ1n) is 6.01. The van der Waals surface area contributed by atoms with E-state index in [1.54, 1.807) is 0 Å². The molecule has 4 nitrogen and oxygen atoms in total. The molecule has 1 aromatic carbocycles. The first kappa shape index (κ1) is 13.1. The predicted molar refractivity (Wildman–Crippen MR) is 71.6 cm³/mol. The zero-order chi connectivity index (χ0) is 13.0. The van der Waals surface area contributed by atoms with E-state index in [0.717, 1.165) is 12.1 Å². The molecule has 0 saturated heterocycles. The molecule has 1 heterocycles. The lowest BCUT2D eigenvalue weighted by Crippen LogP contribution is -2.27. The fraction of sp³-hybridized carbons (Fsp3) is 0.385. The van der Waals surface area contributed by atoms with Gasteiger partial charge in [-0.2, -0.15) is 4.98 Å². The minimum absolute atomic E-state index is 0.314. The largest absolute Gasteiger partial charge is 0.339 e. The van der Waals surface area contributed by atoms with Crippen molar-refractivity contribution in [2.75, 3.05) is 6.54 Å². The molecule has 0 aliphatic rings. The van der Waals surface area contributed by atoms with E-state index in [1.165, 1.54) is 0 Å². The van der Waals surface area contributed by atoms with Crippen LogP contribution in [0.3, 0.4) is 0 Å². The van der Waals surface area contributed by atoms with E-state index in [-0.39, 0.29) is 0 Å². The molecule has 0 aliphatic heterocycles. The van der Waals surface area contributed by atoms with E-state index >= 15 is 0 Å². The van der Waals surface area contributed by atoms with Gasteiger partial charge in [0.1, 0.15) is 0 Å². The number of aromatic nitrogens is 2. The smallest absolute Gasteiger partial charge is 0.228 e. The van der Waals surface area contributed by atoms with Gasteiger partial charge in [-0.1, -0.05) is 35.8 Å². The maximum atomic E-state index is 6.09. The van der Waals surface area contributed by atoms with Gasteiger partial charge in [-0.05, 0) is 25.6 Å². The maximum absolute atomic E-state index is 6.09. The van der Waals surface area contributed by atoms with Crippen LogP contribution in [0.5, 0.6) is 0 Å². The van der Waals surface area contributed by atoms with E-state index < -0.39 is 0 Å². The molecule has 0 aliphatic carbocycles.